The highest BCUT2D eigenvalue weighted by Crippen LogP contribution is 2.33. The first-order valence-corrected chi connectivity index (χ1v) is 12.7. The summed E-state index contributed by atoms with van der Waals surface area (Å²) in [5.74, 6) is 0. The lowest BCUT2D eigenvalue weighted by Gasteiger charge is -2.28. The van der Waals surface area contributed by atoms with E-state index in [0.717, 1.165) is 22.0 Å². The highest BCUT2D eigenvalue weighted by molar-refractivity contribution is 7.92. The summed E-state index contributed by atoms with van der Waals surface area (Å²) in [5, 5.41) is 0. The van der Waals surface area contributed by atoms with Gasteiger partial charge in [0.25, 0.3) is 0 Å². The van der Waals surface area contributed by atoms with Gasteiger partial charge in [0.15, 0.2) is 0 Å². The molecule has 0 saturated carbocycles. The number of nitrogens with zero attached hydrogens (tertiary/aromatic N) is 3. The van der Waals surface area contributed by atoms with E-state index in [4.69, 9.17) is 0 Å². The molecular formula is C21H27FN4O2S2. The zero-order valence-corrected chi connectivity index (χ0v) is 19.2. The first-order chi connectivity index (χ1) is 14.3. The van der Waals surface area contributed by atoms with Crippen molar-refractivity contribution in [3.8, 4) is 0 Å². The van der Waals surface area contributed by atoms with Gasteiger partial charge in [0.2, 0.25) is 10.0 Å². The average molecular weight is 451 g/mol. The van der Waals surface area contributed by atoms with Gasteiger partial charge in [-0.15, -0.1) is 11.3 Å². The lowest BCUT2D eigenvalue weighted by atomic mass is 10.1. The molecule has 4 rings (SSSR count). The Labute approximate surface area is 181 Å². The third-order valence-corrected chi connectivity index (χ3v) is 6.48. The van der Waals surface area contributed by atoms with Crippen molar-refractivity contribution in [1.82, 2.24) is 14.9 Å². The van der Waals surface area contributed by atoms with E-state index >= 15 is 4.39 Å². The summed E-state index contributed by atoms with van der Waals surface area (Å²) in [5.41, 5.74) is 5.31. The van der Waals surface area contributed by atoms with Crippen LogP contribution < -0.4 is 4.72 Å². The number of anilines is 1. The van der Waals surface area contributed by atoms with Crippen molar-refractivity contribution in [1.29, 1.82) is 0 Å². The summed E-state index contributed by atoms with van der Waals surface area (Å²) in [6.45, 7) is 6.98. The zero-order valence-electron chi connectivity index (χ0n) is 17.6. The smallest absolute Gasteiger partial charge is 0.229 e. The molecule has 2 aromatic heterocycles. The van der Waals surface area contributed by atoms with Crippen LogP contribution in [0.1, 0.15) is 49.8 Å². The number of fused-ring (bicyclic) bond motifs is 2. The van der Waals surface area contributed by atoms with Crippen LogP contribution in [-0.2, 0) is 16.4 Å². The largest absolute Gasteiger partial charge is 0.293 e. The molecule has 0 aliphatic carbocycles. The molecule has 2 unspecified atom stereocenters. The molecule has 0 saturated heterocycles. The van der Waals surface area contributed by atoms with Crippen LogP contribution in [0.2, 0.25) is 0 Å². The second-order valence-corrected chi connectivity index (χ2v) is 9.74. The Morgan fingerprint density at radius 1 is 1.27 bits per heavy atom. The molecule has 1 aromatic carbocycles. The number of hydrogen-bond acceptors (Lipinski definition) is 6. The Morgan fingerprint density at radius 3 is 2.77 bits per heavy atom. The molecule has 162 valence electrons. The standard InChI is InChI=1S/C19H21FN4O2S2.C2H6/c1-12(13-3-4-19-18(7-13)22-11-27-19)24-6-5-17-15(16(20)10-24)8-14(9-21-17)23-28(2,25)26;1-2/h3-4,7-9,11-12,16,23H,5-6,10H2,1-2H3;1-2H3. The van der Waals surface area contributed by atoms with Gasteiger partial charge in [-0.2, -0.15) is 0 Å². The lowest BCUT2D eigenvalue weighted by Crippen LogP contribution is -2.30. The topological polar surface area (TPSA) is 75.2 Å². The predicted octanol–water partition coefficient (Wildman–Crippen LogP) is 4.72. The Hall–Kier alpha value is -2.10. The van der Waals surface area contributed by atoms with Crippen molar-refractivity contribution in [3.63, 3.8) is 0 Å². The van der Waals surface area contributed by atoms with Gasteiger partial charge < -0.3 is 0 Å². The van der Waals surface area contributed by atoms with Gasteiger partial charge in [0.1, 0.15) is 6.17 Å². The summed E-state index contributed by atoms with van der Waals surface area (Å²) in [6.07, 6.45) is 1.88. The van der Waals surface area contributed by atoms with Gasteiger partial charge in [-0.05, 0) is 30.7 Å². The summed E-state index contributed by atoms with van der Waals surface area (Å²) in [4.78, 5) is 10.8. The number of thiazole rings is 1. The first-order valence-electron chi connectivity index (χ1n) is 9.98. The molecule has 1 aliphatic rings. The van der Waals surface area contributed by atoms with E-state index in [1.807, 2.05) is 19.4 Å². The van der Waals surface area contributed by atoms with Crippen LogP contribution in [0.4, 0.5) is 10.1 Å². The van der Waals surface area contributed by atoms with Gasteiger partial charge in [-0.3, -0.25) is 14.6 Å². The van der Waals surface area contributed by atoms with Crippen LogP contribution in [0.5, 0.6) is 0 Å². The third-order valence-electron chi connectivity index (χ3n) is 5.06. The number of rotatable bonds is 4. The molecule has 6 nitrogen and oxygen atoms in total. The Bertz CT molecular complexity index is 1120. The Morgan fingerprint density at radius 2 is 2.03 bits per heavy atom. The minimum Gasteiger partial charge on any atom is -0.293 e. The number of sulfonamides is 1. The number of hydrogen-bond donors (Lipinski definition) is 1. The Balaban J connectivity index is 0.00000124. The molecule has 0 radical (unpaired) electrons. The van der Waals surface area contributed by atoms with E-state index in [9.17, 15) is 8.42 Å². The van der Waals surface area contributed by atoms with E-state index in [1.165, 1.54) is 6.20 Å². The number of pyridine rings is 1. The molecule has 1 aliphatic heterocycles. The maximum Gasteiger partial charge on any atom is 0.229 e. The van der Waals surface area contributed by atoms with Crippen molar-refractivity contribution >= 4 is 37.3 Å². The third kappa shape index (κ3) is 5.14. The molecule has 0 amide bonds. The number of benzene rings is 1. The average Bonchev–Trinajstić information content (AvgIpc) is 3.12. The van der Waals surface area contributed by atoms with Crippen molar-refractivity contribution in [2.24, 2.45) is 0 Å². The van der Waals surface area contributed by atoms with Crippen LogP contribution in [0.15, 0.2) is 36.0 Å². The maximum atomic E-state index is 15.1. The molecule has 3 aromatic rings. The fourth-order valence-corrected chi connectivity index (χ4v) is 4.80. The summed E-state index contributed by atoms with van der Waals surface area (Å²) >= 11 is 1.60. The quantitative estimate of drug-likeness (QED) is 0.623. The van der Waals surface area contributed by atoms with Crippen molar-refractivity contribution in [2.45, 2.75) is 39.4 Å². The second kappa shape index (κ2) is 9.36. The maximum absolute atomic E-state index is 15.1. The van der Waals surface area contributed by atoms with E-state index in [0.29, 0.717) is 29.9 Å². The first kappa shape index (κ1) is 22.6. The van der Waals surface area contributed by atoms with Gasteiger partial charge in [-0.1, -0.05) is 19.9 Å². The SMILES string of the molecule is CC.CC(c1ccc2scnc2c1)N1CCc2ncc(NS(C)(=O)=O)cc2C(F)C1. The van der Waals surface area contributed by atoms with Crippen molar-refractivity contribution in [2.75, 3.05) is 24.1 Å². The number of nitrogens with one attached hydrogen (secondary N) is 1. The van der Waals surface area contributed by atoms with Gasteiger partial charge in [0, 0.05) is 36.8 Å². The minimum atomic E-state index is -3.43. The summed E-state index contributed by atoms with van der Waals surface area (Å²) in [7, 11) is -3.43. The molecule has 0 spiro atoms. The van der Waals surface area contributed by atoms with Gasteiger partial charge in [0.05, 0.1) is 33.9 Å². The van der Waals surface area contributed by atoms with Crippen LogP contribution in [0.3, 0.4) is 0 Å². The van der Waals surface area contributed by atoms with Crippen LogP contribution in [-0.4, -0.2) is 42.6 Å². The fraction of sp³-hybridized carbons (Fsp3) is 0.429. The highest BCUT2D eigenvalue weighted by atomic mass is 32.2. The summed E-state index contributed by atoms with van der Waals surface area (Å²) in [6, 6.07) is 7.79. The molecule has 3 heterocycles. The monoisotopic (exact) mass is 450 g/mol. The van der Waals surface area contributed by atoms with Crippen LogP contribution in [0.25, 0.3) is 10.2 Å². The number of aromatic nitrogens is 2. The van der Waals surface area contributed by atoms with E-state index < -0.39 is 16.2 Å². The van der Waals surface area contributed by atoms with Crippen LogP contribution >= 0.6 is 11.3 Å². The highest BCUT2D eigenvalue weighted by Gasteiger charge is 2.27. The number of halogens is 1. The van der Waals surface area contributed by atoms with E-state index in [2.05, 4.69) is 44.7 Å². The predicted molar refractivity (Wildman–Crippen MR) is 121 cm³/mol. The second-order valence-electron chi connectivity index (χ2n) is 7.10. The van der Waals surface area contributed by atoms with Gasteiger partial charge in [-0.25, -0.2) is 17.8 Å². The van der Waals surface area contributed by atoms with Crippen molar-refractivity contribution < 1.29 is 12.8 Å². The molecular weight excluding hydrogens is 423 g/mol. The fourth-order valence-electron chi connectivity index (χ4n) is 3.60. The van der Waals surface area contributed by atoms with Crippen molar-refractivity contribution in [3.05, 3.63) is 52.8 Å². The van der Waals surface area contributed by atoms with E-state index in [1.54, 1.807) is 17.4 Å². The molecule has 2 atom stereocenters. The lowest BCUT2D eigenvalue weighted by molar-refractivity contribution is 0.161. The Kier molecular flexibility index (Phi) is 7.05. The molecule has 1 N–H and O–H groups in total. The normalized spacial score (nSPS) is 18.1. The minimum absolute atomic E-state index is 0.0345. The van der Waals surface area contributed by atoms with Crippen LogP contribution in [0, 0.1) is 0 Å². The molecule has 30 heavy (non-hydrogen) atoms. The van der Waals surface area contributed by atoms with Gasteiger partial charge >= 0.3 is 0 Å². The number of alkyl halides is 1. The van der Waals surface area contributed by atoms with E-state index in [-0.39, 0.29) is 12.6 Å². The summed E-state index contributed by atoms with van der Waals surface area (Å²) < 4.78 is 41.5. The molecule has 0 fully saturated rings. The zero-order chi connectivity index (χ0) is 21.9. The molecule has 9 heteroatoms. The molecule has 0 bridgehead atoms.